The van der Waals surface area contributed by atoms with Crippen molar-refractivity contribution in [3.05, 3.63) is 48.0 Å². The Labute approximate surface area is 145 Å². The van der Waals surface area contributed by atoms with Crippen LogP contribution in [0.4, 0.5) is 5.69 Å². The Hall–Kier alpha value is -2.74. The predicted octanol–water partition coefficient (Wildman–Crippen LogP) is 2.05. The topological polar surface area (TPSA) is 93.1 Å². The van der Waals surface area contributed by atoms with Crippen LogP contribution in [0.2, 0.25) is 0 Å². The molecule has 3 rings (SSSR count). The molecule has 1 aliphatic heterocycles. The van der Waals surface area contributed by atoms with E-state index in [4.69, 9.17) is 9.47 Å². The van der Waals surface area contributed by atoms with Crippen LogP contribution in [0.15, 0.2) is 47.4 Å². The SMILES string of the molecule is Cc1ccccc1N(CC(=O)O)S(=O)(=O)c1ccc2c(c1)OCCO2. The van der Waals surface area contributed by atoms with Crippen molar-refractivity contribution >= 4 is 21.7 Å². The smallest absolute Gasteiger partial charge is 0.324 e. The Morgan fingerprint density at radius 1 is 1.12 bits per heavy atom. The van der Waals surface area contributed by atoms with Crippen LogP contribution in [-0.2, 0) is 14.8 Å². The van der Waals surface area contributed by atoms with Gasteiger partial charge in [-0.1, -0.05) is 18.2 Å². The monoisotopic (exact) mass is 363 g/mol. The highest BCUT2D eigenvalue weighted by atomic mass is 32.2. The third-order valence-corrected chi connectivity index (χ3v) is 5.52. The average molecular weight is 363 g/mol. The number of fused-ring (bicyclic) bond motifs is 1. The van der Waals surface area contributed by atoms with Gasteiger partial charge in [-0.15, -0.1) is 0 Å². The van der Waals surface area contributed by atoms with Gasteiger partial charge in [0.25, 0.3) is 10.0 Å². The number of carboxylic acid groups (broad SMARTS) is 1. The number of nitrogens with zero attached hydrogens (tertiary/aromatic N) is 1. The lowest BCUT2D eigenvalue weighted by Crippen LogP contribution is -2.36. The number of sulfonamides is 1. The number of carboxylic acids is 1. The van der Waals surface area contributed by atoms with Crippen LogP contribution in [0.1, 0.15) is 5.56 Å². The first-order valence-corrected chi connectivity index (χ1v) is 9.03. The van der Waals surface area contributed by atoms with Crippen molar-refractivity contribution in [3.8, 4) is 11.5 Å². The van der Waals surface area contributed by atoms with E-state index < -0.39 is 22.5 Å². The molecule has 0 spiro atoms. The summed E-state index contributed by atoms with van der Waals surface area (Å²) in [6, 6.07) is 11.0. The maximum atomic E-state index is 13.1. The molecule has 0 fully saturated rings. The van der Waals surface area contributed by atoms with Gasteiger partial charge in [-0.2, -0.15) is 0 Å². The highest BCUT2D eigenvalue weighted by Crippen LogP contribution is 2.34. The highest BCUT2D eigenvalue weighted by Gasteiger charge is 2.29. The summed E-state index contributed by atoms with van der Waals surface area (Å²) in [6.45, 7) is 1.77. The second-order valence-electron chi connectivity index (χ2n) is 5.50. The molecular weight excluding hydrogens is 346 g/mol. The molecule has 0 radical (unpaired) electrons. The maximum Gasteiger partial charge on any atom is 0.324 e. The first kappa shape index (κ1) is 17.1. The van der Waals surface area contributed by atoms with Crippen molar-refractivity contribution in [1.82, 2.24) is 0 Å². The van der Waals surface area contributed by atoms with E-state index in [1.54, 1.807) is 31.2 Å². The number of rotatable bonds is 5. The zero-order valence-electron chi connectivity index (χ0n) is 13.5. The fourth-order valence-electron chi connectivity index (χ4n) is 2.58. The zero-order valence-corrected chi connectivity index (χ0v) is 14.3. The van der Waals surface area contributed by atoms with Crippen molar-refractivity contribution in [2.75, 3.05) is 24.1 Å². The van der Waals surface area contributed by atoms with Crippen LogP contribution >= 0.6 is 0 Å². The molecule has 2 aromatic rings. The minimum atomic E-state index is -4.09. The Balaban J connectivity index is 2.08. The first-order valence-electron chi connectivity index (χ1n) is 7.59. The molecule has 7 nitrogen and oxygen atoms in total. The van der Waals surface area contributed by atoms with E-state index in [2.05, 4.69) is 0 Å². The Morgan fingerprint density at radius 3 is 2.48 bits per heavy atom. The molecule has 2 aromatic carbocycles. The lowest BCUT2D eigenvalue weighted by Gasteiger charge is -2.25. The second-order valence-corrected chi connectivity index (χ2v) is 7.36. The van der Waals surface area contributed by atoms with Crippen LogP contribution < -0.4 is 13.8 Å². The van der Waals surface area contributed by atoms with Gasteiger partial charge in [0.2, 0.25) is 0 Å². The summed E-state index contributed by atoms with van der Waals surface area (Å²) in [5.74, 6) is -0.456. The van der Waals surface area contributed by atoms with Crippen LogP contribution in [0.3, 0.4) is 0 Å². The number of hydrogen-bond donors (Lipinski definition) is 1. The number of ether oxygens (including phenoxy) is 2. The minimum Gasteiger partial charge on any atom is -0.486 e. The molecule has 1 heterocycles. The number of carbonyl (C=O) groups is 1. The van der Waals surface area contributed by atoms with Crippen LogP contribution in [0.5, 0.6) is 11.5 Å². The Kier molecular flexibility index (Phi) is 4.54. The number of hydrogen-bond acceptors (Lipinski definition) is 5. The molecule has 132 valence electrons. The normalized spacial score (nSPS) is 13.3. The standard InChI is InChI=1S/C17H17NO6S/c1-12-4-2-3-5-14(12)18(11-17(19)20)25(21,22)13-6-7-15-16(10-13)24-9-8-23-15/h2-7,10H,8-9,11H2,1H3,(H,19,20). The first-order chi connectivity index (χ1) is 11.9. The van der Waals surface area contributed by atoms with E-state index in [1.807, 2.05) is 0 Å². The number of anilines is 1. The summed E-state index contributed by atoms with van der Waals surface area (Å²) >= 11 is 0. The van der Waals surface area contributed by atoms with Crippen LogP contribution in [0.25, 0.3) is 0 Å². The van der Waals surface area contributed by atoms with E-state index in [9.17, 15) is 18.3 Å². The lowest BCUT2D eigenvalue weighted by molar-refractivity contribution is -0.135. The molecule has 0 saturated carbocycles. The summed E-state index contributed by atoms with van der Waals surface area (Å²) in [4.78, 5) is 11.2. The zero-order chi connectivity index (χ0) is 18.0. The maximum absolute atomic E-state index is 13.1. The molecule has 0 atom stereocenters. The summed E-state index contributed by atoms with van der Waals surface area (Å²) in [5.41, 5.74) is 0.977. The molecule has 1 N–H and O–H groups in total. The van der Waals surface area contributed by atoms with Crippen molar-refractivity contribution in [2.24, 2.45) is 0 Å². The van der Waals surface area contributed by atoms with Gasteiger partial charge in [0.15, 0.2) is 11.5 Å². The fourth-order valence-corrected chi connectivity index (χ4v) is 4.07. The highest BCUT2D eigenvalue weighted by molar-refractivity contribution is 7.92. The molecule has 0 amide bonds. The Bertz CT molecular complexity index is 909. The van der Waals surface area contributed by atoms with Crippen molar-refractivity contribution in [2.45, 2.75) is 11.8 Å². The molecule has 0 bridgehead atoms. The van der Waals surface area contributed by atoms with Gasteiger partial charge in [0, 0.05) is 6.07 Å². The molecule has 0 unspecified atom stereocenters. The van der Waals surface area contributed by atoms with Gasteiger partial charge in [-0.25, -0.2) is 8.42 Å². The van der Waals surface area contributed by atoms with Crippen molar-refractivity contribution in [3.63, 3.8) is 0 Å². The number of aliphatic carboxylic acids is 1. The van der Waals surface area contributed by atoms with Gasteiger partial charge in [0.1, 0.15) is 19.8 Å². The van der Waals surface area contributed by atoms with Gasteiger partial charge >= 0.3 is 5.97 Å². The van der Waals surface area contributed by atoms with E-state index in [0.29, 0.717) is 36.0 Å². The number of para-hydroxylation sites is 1. The third-order valence-electron chi connectivity index (χ3n) is 3.76. The number of aryl methyl sites for hydroxylation is 1. The largest absolute Gasteiger partial charge is 0.486 e. The molecule has 0 saturated heterocycles. The summed E-state index contributed by atoms with van der Waals surface area (Å²) in [7, 11) is -4.09. The van der Waals surface area contributed by atoms with Crippen LogP contribution in [-0.4, -0.2) is 39.3 Å². The molecule has 0 aromatic heterocycles. The quantitative estimate of drug-likeness (QED) is 0.874. The Morgan fingerprint density at radius 2 is 1.80 bits per heavy atom. The van der Waals surface area contributed by atoms with Gasteiger partial charge in [-0.05, 0) is 30.7 Å². The third kappa shape index (κ3) is 3.39. The van der Waals surface area contributed by atoms with Crippen molar-refractivity contribution in [1.29, 1.82) is 0 Å². The van der Waals surface area contributed by atoms with Gasteiger partial charge < -0.3 is 14.6 Å². The molecule has 25 heavy (non-hydrogen) atoms. The second kappa shape index (κ2) is 6.64. The van der Waals surface area contributed by atoms with Crippen LogP contribution in [0, 0.1) is 6.92 Å². The average Bonchev–Trinajstić information content (AvgIpc) is 2.59. The molecule has 8 heteroatoms. The minimum absolute atomic E-state index is 0.0544. The van der Waals surface area contributed by atoms with E-state index >= 15 is 0 Å². The van der Waals surface area contributed by atoms with E-state index in [-0.39, 0.29) is 4.90 Å². The lowest BCUT2D eigenvalue weighted by atomic mass is 10.2. The van der Waals surface area contributed by atoms with Gasteiger partial charge in [-0.3, -0.25) is 9.10 Å². The summed E-state index contributed by atoms with van der Waals surface area (Å²) in [5, 5.41) is 9.19. The molecular formula is C17H17NO6S. The summed E-state index contributed by atoms with van der Waals surface area (Å²) < 4.78 is 37.8. The molecule has 1 aliphatic rings. The summed E-state index contributed by atoms with van der Waals surface area (Å²) in [6.07, 6.45) is 0. The van der Waals surface area contributed by atoms with Crippen molar-refractivity contribution < 1.29 is 27.8 Å². The van der Waals surface area contributed by atoms with E-state index in [0.717, 1.165) is 4.31 Å². The predicted molar refractivity (Wildman–Crippen MR) is 90.8 cm³/mol. The van der Waals surface area contributed by atoms with E-state index in [1.165, 1.54) is 18.2 Å². The number of benzene rings is 2. The fraction of sp³-hybridized carbons (Fsp3) is 0.235. The van der Waals surface area contributed by atoms with Gasteiger partial charge in [0.05, 0.1) is 10.6 Å². The molecule has 0 aliphatic carbocycles.